The molecule has 0 spiro atoms. The number of hydrogen-bond donors (Lipinski definition) is 1. The molecule has 0 unspecified atom stereocenters. The number of aromatic nitrogens is 1. The maximum atomic E-state index is 10.9. The summed E-state index contributed by atoms with van der Waals surface area (Å²) in [5.41, 5.74) is 0.879. The van der Waals surface area contributed by atoms with Gasteiger partial charge >= 0.3 is 0 Å². The van der Waals surface area contributed by atoms with E-state index in [9.17, 15) is 10.1 Å². The Morgan fingerprint density at radius 3 is 2.62 bits per heavy atom. The highest BCUT2D eigenvalue weighted by Gasteiger charge is 2.14. The number of hydrogen-bond acceptors (Lipinski definition) is 7. The van der Waals surface area contributed by atoms with Crippen LogP contribution in [-0.4, -0.2) is 47.9 Å². The van der Waals surface area contributed by atoms with Crippen LogP contribution in [0.2, 0.25) is 5.15 Å². The Morgan fingerprint density at radius 2 is 2.12 bits per heavy atom. The molecular weight excluding hydrogens is 336 g/mol. The molecule has 0 bridgehead atoms. The smallest absolute Gasteiger partial charge is 0.274 e. The van der Waals surface area contributed by atoms with Gasteiger partial charge in [-0.05, 0) is 25.5 Å². The molecule has 0 amide bonds. The predicted molar refractivity (Wildman–Crippen MR) is 90.8 cm³/mol. The van der Waals surface area contributed by atoms with Crippen molar-refractivity contribution in [3.8, 4) is 0 Å². The zero-order valence-electron chi connectivity index (χ0n) is 14.1. The second-order valence-corrected chi connectivity index (χ2v) is 5.25. The molecule has 1 N–H and O–H groups in total. The molecule has 1 aromatic rings. The van der Waals surface area contributed by atoms with Crippen molar-refractivity contribution >= 4 is 11.6 Å². The molecule has 0 aromatic carbocycles. The quantitative estimate of drug-likeness (QED) is 0.281. The van der Waals surface area contributed by atoms with E-state index in [0.717, 1.165) is 11.8 Å². The highest BCUT2D eigenvalue weighted by molar-refractivity contribution is 6.29. The summed E-state index contributed by atoms with van der Waals surface area (Å²) in [6.45, 7) is 5.44. The zero-order valence-corrected chi connectivity index (χ0v) is 14.8. The highest BCUT2D eigenvalue weighted by atomic mass is 35.5. The predicted octanol–water partition coefficient (Wildman–Crippen LogP) is 2.23. The molecule has 1 rings (SSSR count). The minimum Gasteiger partial charge on any atom is -0.361 e. The summed E-state index contributed by atoms with van der Waals surface area (Å²) in [6, 6.07) is 3.49. The highest BCUT2D eigenvalue weighted by Crippen LogP contribution is 2.10. The van der Waals surface area contributed by atoms with Crippen LogP contribution in [0.3, 0.4) is 0 Å². The van der Waals surface area contributed by atoms with Crippen molar-refractivity contribution < 1.29 is 14.4 Å². The fourth-order valence-electron chi connectivity index (χ4n) is 1.96. The van der Waals surface area contributed by atoms with Crippen molar-refractivity contribution in [3.05, 3.63) is 51.2 Å². The second kappa shape index (κ2) is 10.8. The first kappa shape index (κ1) is 20.1. The molecule has 0 saturated carbocycles. The van der Waals surface area contributed by atoms with Gasteiger partial charge in [0.15, 0.2) is 12.1 Å². The van der Waals surface area contributed by atoms with Crippen molar-refractivity contribution in [2.24, 2.45) is 0 Å². The van der Waals surface area contributed by atoms with E-state index in [1.165, 1.54) is 0 Å². The minimum absolute atomic E-state index is 0.296. The van der Waals surface area contributed by atoms with Gasteiger partial charge in [-0.25, -0.2) is 4.98 Å². The number of ether oxygens (including phenoxy) is 2. The van der Waals surface area contributed by atoms with Crippen molar-refractivity contribution in [2.45, 2.75) is 26.7 Å². The molecule has 0 aliphatic heterocycles. The molecule has 0 atom stereocenters. The molecule has 0 radical (unpaired) electrons. The largest absolute Gasteiger partial charge is 0.361 e. The van der Waals surface area contributed by atoms with E-state index in [4.69, 9.17) is 21.1 Å². The summed E-state index contributed by atoms with van der Waals surface area (Å²) >= 11 is 5.76. The van der Waals surface area contributed by atoms with Gasteiger partial charge in [0.25, 0.3) is 6.20 Å². The van der Waals surface area contributed by atoms with E-state index in [1.807, 2.05) is 19.9 Å². The van der Waals surface area contributed by atoms with Crippen molar-refractivity contribution in [3.63, 3.8) is 0 Å². The van der Waals surface area contributed by atoms with E-state index in [1.54, 1.807) is 24.2 Å². The molecule has 1 heterocycles. The number of halogens is 1. The van der Waals surface area contributed by atoms with E-state index in [0.29, 0.717) is 37.3 Å². The van der Waals surface area contributed by atoms with Gasteiger partial charge in [-0.2, -0.15) is 0 Å². The summed E-state index contributed by atoms with van der Waals surface area (Å²) in [5, 5.41) is 14.3. The van der Waals surface area contributed by atoms with Gasteiger partial charge in [-0.15, -0.1) is 0 Å². The van der Waals surface area contributed by atoms with E-state index in [2.05, 4.69) is 10.3 Å². The minimum atomic E-state index is -0.505. The lowest BCUT2D eigenvalue weighted by Crippen LogP contribution is -2.36. The number of rotatable bonds is 11. The molecule has 0 fully saturated rings. The maximum Gasteiger partial charge on any atom is 0.274 e. The number of nitrogens with one attached hydrogen (secondary N) is 1. The van der Waals surface area contributed by atoms with Gasteiger partial charge < -0.3 is 19.7 Å². The summed E-state index contributed by atoms with van der Waals surface area (Å²) in [4.78, 5) is 16.1. The number of pyridine rings is 1. The van der Waals surface area contributed by atoms with E-state index < -0.39 is 11.2 Å². The van der Waals surface area contributed by atoms with Gasteiger partial charge in [0.2, 0.25) is 0 Å². The third kappa shape index (κ3) is 7.58. The Hall–Kier alpha value is -1.90. The van der Waals surface area contributed by atoms with Crippen molar-refractivity contribution in [2.75, 3.05) is 26.8 Å². The Kier molecular flexibility index (Phi) is 9.06. The SMILES string of the molecule is CCOC(CNC(=C[N+](=O)[O-])N(C)Cc1ccc(Cl)nc1)OCC. The third-order valence-corrected chi connectivity index (χ3v) is 3.23. The first-order valence-electron chi connectivity index (χ1n) is 7.60. The fourth-order valence-corrected chi connectivity index (χ4v) is 2.08. The van der Waals surface area contributed by atoms with Crippen molar-refractivity contribution in [1.29, 1.82) is 0 Å². The van der Waals surface area contributed by atoms with Gasteiger partial charge in [0.1, 0.15) is 5.15 Å². The Balaban J connectivity index is 2.73. The summed E-state index contributed by atoms with van der Waals surface area (Å²) in [7, 11) is 1.74. The van der Waals surface area contributed by atoms with Crippen LogP contribution in [0.5, 0.6) is 0 Å². The van der Waals surface area contributed by atoms with Crippen LogP contribution in [-0.2, 0) is 16.0 Å². The van der Waals surface area contributed by atoms with Crippen LogP contribution >= 0.6 is 11.6 Å². The summed E-state index contributed by atoms with van der Waals surface area (Å²) in [5.74, 6) is 0.347. The van der Waals surface area contributed by atoms with E-state index in [-0.39, 0.29) is 0 Å². The van der Waals surface area contributed by atoms with Crippen LogP contribution in [0, 0.1) is 10.1 Å². The fraction of sp³-hybridized carbons (Fsp3) is 0.533. The lowest BCUT2D eigenvalue weighted by Gasteiger charge is -2.24. The van der Waals surface area contributed by atoms with Crippen molar-refractivity contribution in [1.82, 2.24) is 15.2 Å². The number of nitrogens with zero attached hydrogens (tertiary/aromatic N) is 3. The lowest BCUT2D eigenvalue weighted by atomic mass is 10.3. The second-order valence-electron chi connectivity index (χ2n) is 4.87. The topological polar surface area (TPSA) is 89.8 Å². The molecule has 134 valence electrons. The summed E-state index contributed by atoms with van der Waals surface area (Å²) < 4.78 is 10.8. The standard InChI is InChI=1S/C15H23ClN4O4/c1-4-23-15(24-5-2)9-18-14(11-20(21)22)19(3)10-12-6-7-13(16)17-8-12/h6-8,11,15,18H,4-5,9-10H2,1-3H3. The molecule has 8 nitrogen and oxygen atoms in total. The summed E-state index contributed by atoms with van der Waals surface area (Å²) in [6.07, 6.45) is 2.07. The molecule has 0 aliphatic carbocycles. The van der Waals surface area contributed by atoms with Gasteiger partial charge in [-0.3, -0.25) is 10.1 Å². The van der Waals surface area contributed by atoms with Crippen LogP contribution in [0.15, 0.2) is 30.4 Å². The lowest BCUT2D eigenvalue weighted by molar-refractivity contribution is -0.404. The Labute approximate surface area is 146 Å². The monoisotopic (exact) mass is 358 g/mol. The number of nitro groups is 1. The Morgan fingerprint density at radius 1 is 1.46 bits per heavy atom. The Bertz CT molecular complexity index is 533. The van der Waals surface area contributed by atoms with Crippen LogP contribution < -0.4 is 5.32 Å². The third-order valence-electron chi connectivity index (χ3n) is 3.00. The van der Waals surface area contributed by atoms with Gasteiger partial charge in [0, 0.05) is 33.0 Å². The van der Waals surface area contributed by atoms with Crippen LogP contribution in [0.25, 0.3) is 0 Å². The molecule has 0 aliphatic rings. The molecule has 24 heavy (non-hydrogen) atoms. The molecule has 1 aromatic heterocycles. The zero-order chi connectivity index (χ0) is 17.9. The average molecular weight is 359 g/mol. The van der Waals surface area contributed by atoms with Gasteiger partial charge in [0.05, 0.1) is 11.5 Å². The first-order valence-corrected chi connectivity index (χ1v) is 7.98. The average Bonchev–Trinajstić information content (AvgIpc) is 2.53. The van der Waals surface area contributed by atoms with Gasteiger partial charge in [-0.1, -0.05) is 17.7 Å². The maximum absolute atomic E-state index is 10.9. The molecule has 9 heteroatoms. The van der Waals surface area contributed by atoms with Crippen LogP contribution in [0.1, 0.15) is 19.4 Å². The molecule has 0 saturated heterocycles. The van der Waals surface area contributed by atoms with Crippen LogP contribution in [0.4, 0.5) is 0 Å². The molecular formula is C15H23ClN4O4. The first-order chi connectivity index (χ1) is 11.5. The van der Waals surface area contributed by atoms with E-state index >= 15 is 0 Å². The normalized spacial score (nSPS) is 11.6.